The molecule has 0 aromatic heterocycles. The van der Waals surface area contributed by atoms with Crippen molar-refractivity contribution in [2.45, 2.75) is 39.2 Å². The van der Waals surface area contributed by atoms with Gasteiger partial charge in [0.15, 0.2) is 6.04 Å². The number of carboxylic acids is 1. The van der Waals surface area contributed by atoms with E-state index in [1.807, 2.05) is 38.1 Å². The number of carbonyl (C=O) groups is 2. The molecule has 1 aliphatic heterocycles. The second-order valence-electron chi connectivity index (χ2n) is 5.49. The van der Waals surface area contributed by atoms with Gasteiger partial charge in [0.25, 0.3) is 0 Å². The maximum Gasteiger partial charge on any atom is 0.331 e. The van der Waals surface area contributed by atoms with Crippen molar-refractivity contribution in [3.63, 3.8) is 0 Å². The molecule has 1 heterocycles. The van der Waals surface area contributed by atoms with E-state index in [1.54, 1.807) is 0 Å². The lowest BCUT2D eigenvalue weighted by molar-refractivity contribution is -0.151. The number of aliphatic carboxylic acids is 1. The van der Waals surface area contributed by atoms with Gasteiger partial charge in [0, 0.05) is 13.0 Å². The quantitative estimate of drug-likeness (QED) is 0.919. The molecule has 0 saturated carbocycles. The molecule has 0 unspecified atom stereocenters. The van der Waals surface area contributed by atoms with Crippen LogP contribution in [-0.2, 0) is 16.0 Å². The summed E-state index contributed by atoms with van der Waals surface area (Å²) < 4.78 is 0. The van der Waals surface area contributed by atoms with Crippen molar-refractivity contribution in [1.82, 2.24) is 4.90 Å². The molecule has 0 aliphatic carbocycles. The number of rotatable bonds is 4. The lowest BCUT2D eigenvalue weighted by Gasteiger charge is -2.35. The van der Waals surface area contributed by atoms with Crippen LogP contribution in [0, 0.1) is 5.92 Å². The zero-order chi connectivity index (χ0) is 14.7. The average molecular weight is 275 g/mol. The summed E-state index contributed by atoms with van der Waals surface area (Å²) in [5, 5.41) is 9.50. The van der Waals surface area contributed by atoms with E-state index < -0.39 is 12.0 Å². The van der Waals surface area contributed by atoms with Crippen molar-refractivity contribution in [3.05, 3.63) is 35.4 Å². The predicted octanol–water partition coefficient (Wildman–Crippen LogP) is 2.63. The molecule has 0 radical (unpaired) electrons. The lowest BCUT2D eigenvalue weighted by Crippen LogP contribution is -2.43. The molecule has 1 aromatic carbocycles. The fourth-order valence-electron chi connectivity index (χ4n) is 2.66. The van der Waals surface area contributed by atoms with Gasteiger partial charge in [-0.1, -0.05) is 44.5 Å². The van der Waals surface area contributed by atoms with Crippen molar-refractivity contribution in [1.29, 1.82) is 0 Å². The number of hydrogen-bond donors (Lipinski definition) is 1. The number of benzene rings is 1. The Kier molecular flexibility index (Phi) is 4.42. The molecule has 0 spiro atoms. The normalized spacial score (nSPS) is 19.3. The van der Waals surface area contributed by atoms with Crippen LogP contribution in [-0.4, -0.2) is 28.4 Å². The first-order chi connectivity index (χ1) is 9.54. The van der Waals surface area contributed by atoms with Crippen LogP contribution in [0.4, 0.5) is 0 Å². The average Bonchev–Trinajstić information content (AvgIpc) is 2.45. The van der Waals surface area contributed by atoms with E-state index in [0.717, 1.165) is 24.0 Å². The van der Waals surface area contributed by atoms with E-state index >= 15 is 0 Å². The molecule has 4 heteroatoms. The van der Waals surface area contributed by atoms with Gasteiger partial charge in [0.1, 0.15) is 0 Å². The van der Waals surface area contributed by atoms with Crippen LogP contribution in [0.15, 0.2) is 24.3 Å². The van der Waals surface area contributed by atoms with Crippen LogP contribution >= 0.6 is 0 Å². The minimum Gasteiger partial charge on any atom is -0.479 e. The predicted molar refractivity (Wildman–Crippen MR) is 76.3 cm³/mol. The highest BCUT2D eigenvalue weighted by atomic mass is 16.4. The minimum absolute atomic E-state index is 0.0544. The monoisotopic (exact) mass is 275 g/mol. The van der Waals surface area contributed by atoms with Crippen LogP contribution < -0.4 is 0 Å². The smallest absolute Gasteiger partial charge is 0.331 e. The first kappa shape index (κ1) is 14.6. The molecule has 0 saturated heterocycles. The first-order valence-corrected chi connectivity index (χ1v) is 7.14. The Bertz CT molecular complexity index is 512. The van der Waals surface area contributed by atoms with E-state index in [4.69, 9.17) is 0 Å². The summed E-state index contributed by atoms with van der Waals surface area (Å²) >= 11 is 0. The molecule has 4 nitrogen and oxygen atoms in total. The topological polar surface area (TPSA) is 57.6 Å². The van der Waals surface area contributed by atoms with Crippen molar-refractivity contribution in [2.75, 3.05) is 6.54 Å². The van der Waals surface area contributed by atoms with Crippen LogP contribution in [0.25, 0.3) is 0 Å². The van der Waals surface area contributed by atoms with Gasteiger partial charge >= 0.3 is 5.97 Å². The van der Waals surface area contributed by atoms with Crippen LogP contribution in [0.2, 0.25) is 0 Å². The van der Waals surface area contributed by atoms with Crippen LogP contribution in [0.1, 0.15) is 43.9 Å². The maximum atomic E-state index is 12.4. The second kappa shape index (κ2) is 6.07. The Morgan fingerprint density at radius 1 is 1.40 bits per heavy atom. The summed E-state index contributed by atoms with van der Waals surface area (Å²) in [5.74, 6) is -0.718. The van der Waals surface area contributed by atoms with Gasteiger partial charge in [0.05, 0.1) is 0 Å². The lowest BCUT2D eigenvalue weighted by atomic mass is 9.91. The van der Waals surface area contributed by atoms with Crippen LogP contribution in [0.5, 0.6) is 0 Å². The highest BCUT2D eigenvalue weighted by Crippen LogP contribution is 2.31. The van der Waals surface area contributed by atoms with Crippen molar-refractivity contribution in [2.24, 2.45) is 5.92 Å². The minimum atomic E-state index is -0.949. The van der Waals surface area contributed by atoms with Gasteiger partial charge in [0.2, 0.25) is 5.91 Å². The maximum absolute atomic E-state index is 12.4. The van der Waals surface area contributed by atoms with Gasteiger partial charge < -0.3 is 10.0 Å². The molecule has 1 aliphatic rings. The number of hydrogen-bond acceptors (Lipinski definition) is 2. The summed E-state index contributed by atoms with van der Waals surface area (Å²) in [6.07, 6.45) is 2.07. The van der Waals surface area contributed by atoms with Gasteiger partial charge in [-0.3, -0.25) is 4.79 Å². The Morgan fingerprint density at radius 3 is 2.75 bits per heavy atom. The number of carbonyl (C=O) groups excluding carboxylic acids is 1. The third kappa shape index (κ3) is 2.84. The molecular formula is C16H21NO3. The number of fused-ring (bicyclic) bond motifs is 1. The highest BCUT2D eigenvalue weighted by Gasteiger charge is 2.35. The van der Waals surface area contributed by atoms with Gasteiger partial charge in [-0.15, -0.1) is 0 Å². The van der Waals surface area contributed by atoms with E-state index in [9.17, 15) is 14.7 Å². The van der Waals surface area contributed by atoms with E-state index in [-0.39, 0.29) is 11.8 Å². The zero-order valence-electron chi connectivity index (χ0n) is 12.0. The Morgan fingerprint density at radius 2 is 2.10 bits per heavy atom. The van der Waals surface area contributed by atoms with Crippen LogP contribution in [0.3, 0.4) is 0 Å². The second-order valence-corrected chi connectivity index (χ2v) is 5.49. The fraction of sp³-hybridized carbons (Fsp3) is 0.500. The first-order valence-electron chi connectivity index (χ1n) is 7.14. The molecule has 0 bridgehead atoms. The number of carboxylic acid groups (broad SMARTS) is 1. The molecule has 2 rings (SSSR count). The van der Waals surface area contributed by atoms with E-state index in [0.29, 0.717) is 13.0 Å². The third-order valence-corrected chi connectivity index (χ3v) is 4.06. The molecule has 20 heavy (non-hydrogen) atoms. The third-order valence-electron chi connectivity index (χ3n) is 4.06. The zero-order valence-corrected chi connectivity index (χ0v) is 12.0. The molecule has 0 fully saturated rings. The van der Waals surface area contributed by atoms with Crippen molar-refractivity contribution < 1.29 is 14.7 Å². The molecular weight excluding hydrogens is 254 g/mol. The van der Waals surface area contributed by atoms with Gasteiger partial charge in [-0.25, -0.2) is 4.79 Å². The van der Waals surface area contributed by atoms with Crippen molar-refractivity contribution >= 4 is 11.9 Å². The number of amides is 1. The van der Waals surface area contributed by atoms with E-state index in [1.165, 1.54) is 4.90 Å². The Hall–Kier alpha value is -1.84. The standard InChI is InChI=1S/C16H21NO3/c1-3-11(2)10-14(18)17-9-8-12-6-4-5-7-13(12)15(17)16(19)20/h4-7,11,15H,3,8-10H2,1-2H3,(H,19,20)/t11-,15-/m1/s1. The summed E-state index contributed by atoms with van der Waals surface area (Å²) in [5.41, 5.74) is 1.79. The molecule has 1 N–H and O–H groups in total. The van der Waals surface area contributed by atoms with Crippen molar-refractivity contribution in [3.8, 4) is 0 Å². The molecule has 1 aromatic rings. The Labute approximate surface area is 119 Å². The summed E-state index contributed by atoms with van der Waals surface area (Å²) in [6.45, 7) is 4.55. The summed E-state index contributed by atoms with van der Waals surface area (Å²) in [4.78, 5) is 25.5. The number of nitrogens with zero attached hydrogens (tertiary/aromatic N) is 1. The summed E-state index contributed by atoms with van der Waals surface area (Å²) in [7, 11) is 0. The molecule has 108 valence electrons. The highest BCUT2D eigenvalue weighted by molar-refractivity contribution is 5.85. The molecule has 2 atom stereocenters. The van der Waals surface area contributed by atoms with Gasteiger partial charge in [-0.05, 0) is 23.5 Å². The van der Waals surface area contributed by atoms with E-state index in [2.05, 4.69) is 0 Å². The largest absolute Gasteiger partial charge is 0.479 e. The summed E-state index contributed by atoms with van der Waals surface area (Å²) in [6, 6.07) is 6.67. The molecule has 1 amide bonds. The Balaban J connectivity index is 2.27. The van der Waals surface area contributed by atoms with Gasteiger partial charge in [-0.2, -0.15) is 0 Å². The SMILES string of the molecule is CC[C@@H](C)CC(=O)N1CCc2ccccc2[C@@H]1C(=O)O. The fourth-order valence-corrected chi connectivity index (χ4v) is 2.66.